The molecule has 0 aliphatic carbocycles. The van der Waals surface area contributed by atoms with Crippen molar-refractivity contribution in [3.8, 4) is 0 Å². The maximum Gasteiger partial charge on any atom is 0.0491 e. The van der Waals surface area contributed by atoms with Gasteiger partial charge >= 0.3 is 0 Å². The van der Waals surface area contributed by atoms with Gasteiger partial charge in [-0.3, -0.25) is 0 Å². The second-order valence-corrected chi connectivity index (χ2v) is 6.17. The van der Waals surface area contributed by atoms with Crippen LogP contribution in [0.4, 0.5) is 0 Å². The Morgan fingerprint density at radius 3 is 2.16 bits per heavy atom. The minimum absolute atomic E-state index is 0.985. The van der Waals surface area contributed by atoms with E-state index in [9.17, 15) is 0 Å². The summed E-state index contributed by atoms with van der Waals surface area (Å²) in [4.78, 5) is 0. The number of rotatable bonds is 4. The monoisotopic (exact) mass is 323 g/mol. The maximum atomic E-state index is 2.38. The van der Waals surface area contributed by atoms with Crippen LogP contribution in [0.2, 0.25) is 0 Å². The third kappa shape index (κ3) is 3.01. The van der Waals surface area contributed by atoms with Gasteiger partial charge in [0.15, 0.2) is 0 Å². The van der Waals surface area contributed by atoms with Crippen LogP contribution in [-0.4, -0.2) is 4.57 Å². The van der Waals surface area contributed by atoms with Gasteiger partial charge in [0.25, 0.3) is 0 Å². The van der Waals surface area contributed by atoms with Crippen molar-refractivity contribution in [2.45, 2.75) is 13.5 Å². The Kier molecular flexibility index (Phi) is 4.22. The molecule has 0 amide bonds. The van der Waals surface area contributed by atoms with E-state index in [-0.39, 0.29) is 0 Å². The van der Waals surface area contributed by atoms with Crippen molar-refractivity contribution in [1.82, 2.24) is 4.57 Å². The minimum Gasteiger partial charge on any atom is -0.341 e. The van der Waals surface area contributed by atoms with Crippen LogP contribution in [-0.2, 0) is 6.54 Å². The third-order valence-electron chi connectivity index (χ3n) is 4.60. The number of fused-ring (bicyclic) bond motifs is 3. The smallest absolute Gasteiger partial charge is 0.0491 e. The lowest BCUT2D eigenvalue weighted by molar-refractivity contribution is 0.827. The van der Waals surface area contributed by atoms with Gasteiger partial charge in [-0.25, -0.2) is 0 Å². The van der Waals surface area contributed by atoms with Crippen molar-refractivity contribution in [2.75, 3.05) is 0 Å². The lowest BCUT2D eigenvalue weighted by Crippen LogP contribution is -1.92. The Hall–Kier alpha value is -3.06. The van der Waals surface area contributed by atoms with Crippen LogP contribution in [0.3, 0.4) is 0 Å². The Bertz CT molecular complexity index is 1070. The van der Waals surface area contributed by atoms with E-state index in [0.717, 1.165) is 6.54 Å². The van der Waals surface area contributed by atoms with Gasteiger partial charge in [-0.2, -0.15) is 0 Å². The quantitative estimate of drug-likeness (QED) is 0.376. The number of hydrogen-bond donors (Lipinski definition) is 0. The molecule has 0 aliphatic heterocycles. The Balaban J connectivity index is 1.68. The lowest BCUT2D eigenvalue weighted by Gasteiger charge is -2.02. The Morgan fingerprint density at radius 2 is 1.36 bits per heavy atom. The van der Waals surface area contributed by atoms with Gasteiger partial charge in [0.05, 0.1) is 0 Å². The second kappa shape index (κ2) is 6.82. The molecular weight excluding hydrogens is 302 g/mol. The molecule has 1 aromatic heterocycles. The van der Waals surface area contributed by atoms with Gasteiger partial charge in [-0.15, -0.1) is 0 Å². The fourth-order valence-corrected chi connectivity index (χ4v) is 3.41. The van der Waals surface area contributed by atoms with Crippen molar-refractivity contribution in [3.63, 3.8) is 0 Å². The highest BCUT2D eigenvalue weighted by molar-refractivity contribution is 6.08. The zero-order chi connectivity index (χ0) is 17.1. The lowest BCUT2D eigenvalue weighted by atomic mass is 10.1. The van der Waals surface area contributed by atoms with E-state index in [2.05, 4.69) is 103 Å². The zero-order valence-electron chi connectivity index (χ0n) is 14.4. The van der Waals surface area contributed by atoms with Gasteiger partial charge in [-0.1, -0.05) is 78.9 Å². The normalized spacial score (nSPS) is 12.0. The zero-order valence-corrected chi connectivity index (χ0v) is 14.4. The van der Waals surface area contributed by atoms with Gasteiger partial charge < -0.3 is 4.57 Å². The molecule has 0 saturated heterocycles. The molecule has 0 unspecified atom stereocenters. The molecule has 3 aromatic carbocycles. The van der Waals surface area contributed by atoms with Gasteiger partial charge in [-0.05, 0) is 36.2 Å². The number of aromatic nitrogens is 1. The summed E-state index contributed by atoms with van der Waals surface area (Å²) in [5.41, 5.74) is 5.06. The predicted molar refractivity (Wildman–Crippen MR) is 110 cm³/mol. The van der Waals surface area contributed by atoms with Crippen molar-refractivity contribution in [1.29, 1.82) is 0 Å². The SMILES string of the molecule is CCn1c2ccccc2c2cc(/C=C/C=C/c3ccccc3)ccc21. The molecule has 0 spiro atoms. The molecule has 0 N–H and O–H groups in total. The standard InChI is InChI=1S/C24H21N/c1-2-25-23-15-9-8-14-21(23)22-18-20(16-17-24(22)25)13-7-6-12-19-10-4-3-5-11-19/h3-18H,2H2,1H3/b12-6+,13-7+. The molecule has 0 fully saturated rings. The first kappa shape index (κ1) is 15.5. The average Bonchev–Trinajstić information content (AvgIpc) is 2.99. The van der Waals surface area contributed by atoms with Gasteiger partial charge in [0.2, 0.25) is 0 Å². The van der Waals surface area contributed by atoms with Crippen molar-refractivity contribution < 1.29 is 0 Å². The van der Waals surface area contributed by atoms with Crippen molar-refractivity contribution >= 4 is 34.0 Å². The number of aryl methyl sites for hydroxylation is 1. The molecule has 0 atom stereocenters. The highest BCUT2D eigenvalue weighted by atomic mass is 15.0. The summed E-state index contributed by atoms with van der Waals surface area (Å²) in [6.07, 6.45) is 8.48. The maximum absolute atomic E-state index is 2.38. The molecular formula is C24H21N. The van der Waals surface area contributed by atoms with Crippen molar-refractivity contribution in [2.24, 2.45) is 0 Å². The number of para-hydroxylation sites is 1. The van der Waals surface area contributed by atoms with E-state index < -0.39 is 0 Å². The molecule has 4 aromatic rings. The van der Waals surface area contributed by atoms with Crippen LogP contribution in [0.5, 0.6) is 0 Å². The van der Waals surface area contributed by atoms with E-state index in [1.807, 2.05) is 6.07 Å². The fourth-order valence-electron chi connectivity index (χ4n) is 3.41. The summed E-state index contributed by atoms with van der Waals surface area (Å²) < 4.78 is 2.38. The topological polar surface area (TPSA) is 4.93 Å². The summed E-state index contributed by atoms with van der Waals surface area (Å²) in [6, 6.07) is 25.7. The number of benzene rings is 3. The number of allylic oxidation sites excluding steroid dienone is 2. The fraction of sp³-hybridized carbons (Fsp3) is 0.0833. The number of nitrogens with zero attached hydrogens (tertiary/aromatic N) is 1. The molecule has 0 saturated carbocycles. The van der Waals surface area contributed by atoms with E-state index in [0.29, 0.717) is 0 Å². The summed E-state index contributed by atoms with van der Waals surface area (Å²) in [7, 11) is 0. The summed E-state index contributed by atoms with van der Waals surface area (Å²) >= 11 is 0. The van der Waals surface area contributed by atoms with E-state index in [1.165, 1.54) is 32.9 Å². The predicted octanol–water partition coefficient (Wildman–Crippen LogP) is 6.54. The largest absolute Gasteiger partial charge is 0.341 e. The van der Waals surface area contributed by atoms with Crippen molar-refractivity contribution in [3.05, 3.63) is 96.1 Å². The highest BCUT2D eigenvalue weighted by Crippen LogP contribution is 2.29. The first-order valence-electron chi connectivity index (χ1n) is 8.77. The molecule has 0 radical (unpaired) electrons. The van der Waals surface area contributed by atoms with Crippen LogP contribution in [0, 0.1) is 0 Å². The van der Waals surface area contributed by atoms with Crippen LogP contribution >= 0.6 is 0 Å². The highest BCUT2D eigenvalue weighted by Gasteiger charge is 2.08. The molecule has 4 rings (SSSR count). The van der Waals surface area contributed by atoms with Crippen LogP contribution < -0.4 is 0 Å². The second-order valence-electron chi connectivity index (χ2n) is 6.17. The van der Waals surface area contributed by atoms with Crippen LogP contribution in [0.25, 0.3) is 34.0 Å². The summed E-state index contributed by atoms with van der Waals surface area (Å²) in [5, 5.41) is 2.65. The van der Waals surface area contributed by atoms with E-state index in [1.54, 1.807) is 0 Å². The molecule has 0 aliphatic rings. The molecule has 1 heterocycles. The first-order chi connectivity index (χ1) is 12.4. The van der Waals surface area contributed by atoms with Gasteiger partial charge in [0, 0.05) is 28.4 Å². The van der Waals surface area contributed by atoms with Crippen LogP contribution in [0.15, 0.2) is 84.9 Å². The van der Waals surface area contributed by atoms with Crippen LogP contribution in [0.1, 0.15) is 18.1 Å². The van der Waals surface area contributed by atoms with Gasteiger partial charge in [0.1, 0.15) is 0 Å². The third-order valence-corrected chi connectivity index (χ3v) is 4.60. The molecule has 25 heavy (non-hydrogen) atoms. The minimum atomic E-state index is 0.985. The first-order valence-corrected chi connectivity index (χ1v) is 8.77. The average molecular weight is 323 g/mol. The van der Waals surface area contributed by atoms with E-state index >= 15 is 0 Å². The Labute approximate surface area is 148 Å². The summed E-state index contributed by atoms with van der Waals surface area (Å²) in [5.74, 6) is 0. The molecule has 0 bridgehead atoms. The molecule has 1 nitrogen and oxygen atoms in total. The Morgan fingerprint density at radius 1 is 0.680 bits per heavy atom. The van der Waals surface area contributed by atoms with E-state index in [4.69, 9.17) is 0 Å². The summed E-state index contributed by atoms with van der Waals surface area (Å²) in [6.45, 7) is 3.19. The molecule has 1 heteroatoms. The number of hydrogen-bond acceptors (Lipinski definition) is 0. The molecule has 122 valence electrons.